The highest BCUT2D eigenvalue weighted by molar-refractivity contribution is 5.09. The average Bonchev–Trinajstić information content (AvgIpc) is 2.31. The topological polar surface area (TPSA) is 56.7 Å². The van der Waals surface area contributed by atoms with Crippen molar-refractivity contribution in [3.63, 3.8) is 0 Å². The summed E-state index contributed by atoms with van der Waals surface area (Å²) in [5.74, 6) is 0.324. The van der Waals surface area contributed by atoms with E-state index in [1.165, 1.54) is 0 Å². The molecule has 4 heteroatoms. The van der Waals surface area contributed by atoms with Gasteiger partial charge in [0.25, 0.3) is 0 Å². The minimum absolute atomic E-state index is 0.324. The molecule has 1 aromatic rings. The molecule has 0 atom stereocenters. The maximum atomic E-state index is 5.28. The van der Waals surface area contributed by atoms with Gasteiger partial charge in [0.05, 0.1) is 6.54 Å². The molecular formula is C6H10N4. The average molecular weight is 138 g/mol. The number of anilines is 1. The zero-order valence-corrected chi connectivity index (χ0v) is 5.86. The van der Waals surface area contributed by atoms with E-state index in [9.17, 15) is 0 Å². The molecule has 0 fully saturated rings. The Bertz CT molecular complexity index is 225. The van der Waals surface area contributed by atoms with Gasteiger partial charge in [0.1, 0.15) is 6.33 Å². The highest BCUT2D eigenvalue weighted by atomic mass is 15.3. The van der Waals surface area contributed by atoms with Crippen LogP contribution in [0.15, 0.2) is 18.5 Å². The predicted octanol–water partition coefficient (Wildman–Crippen LogP) is 0.436. The molecule has 0 aromatic carbocycles. The van der Waals surface area contributed by atoms with Gasteiger partial charge >= 0.3 is 0 Å². The number of hydrogen-bond donors (Lipinski definition) is 1. The summed E-state index contributed by atoms with van der Waals surface area (Å²) in [4.78, 5) is 3.77. The lowest BCUT2D eigenvalue weighted by Gasteiger charge is -1.89. The Kier molecular flexibility index (Phi) is 2.04. The fourth-order valence-corrected chi connectivity index (χ4v) is 0.610. The summed E-state index contributed by atoms with van der Waals surface area (Å²) in [6, 6.07) is 0. The number of rotatable bonds is 2. The molecule has 0 amide bonds. The first kappa shape index (κ1) is 6.80. The molecule has 0 bridgehead atoms. The summed E-state index contributed by atoms with van der Waals surface area (Å²) in [6.45, 7) is 2.70. The van der Waals surface area contributed by atoms with Crippen LogP contribution in [0.2, 0.25) is 0 Å². The Hall–Kier alpha value is -1.32. The Morgan fingerprint density at radius 3 is 3.10 bits per heavy atom. The summed E-state index contributed by atoms with van der Waals surface area (Å²) in [5.41, 5.74) is 5.28. The standard InChI is InChI=1S/C6H10N4/c1-2-3-4-10-5-8-6(7)9-10/h2-3,5H,4H2,1H3,(H2,7,9)/b3-2+. The first-order valence-electron chi connectivity index (χ1n) is 3.09. The van der Waals surface area contributed by atoms with Crippen LogP contribution in [0.5, 0.6) is 0 Å². The van der Waals surface area contributed by atoms with Crippen molar-refractivity contribution in [3.05, 3.63) is 18.5 Å². The third kappa shape index (κ3) is 1.58. The minimum atomic E-state index is 0.324. The molecule has 1 heterocycles. The quantitative estimate of drug-likeness (QED) is 0.603. The fraction of sp³-hybridized carbons (Fsp3) is 0.333. The third-order valence-corrected chi connectivity index (χ3v) is 1.08. The van der Waals surface area contributed by atoms with Crippen LogP contribution < -0.4 is 5.73 Å². The summed E-state index contributed by atoms with van der Waals surface area (Å²) < 4.78 is 1.68. The second kappa shape index (κ2) is 3.00. The Labute approximate surface area is 59.4 Å². The lowest BCUT2D eigenvalue weighted by molar-refractivity contribution is 0.702. The minimum Gasteiger partial charge on any atom is -0.367 e. The summed E-state index contributed by atoms with van der Waals surface area (Å²) in [6.07, 6.45) is 5.54. The Morgan fingerprint density at radius 1 is 1.80 bits per heavy atom. The van der Waals surface area contributed by atoms with Crippen molar-refractivity contribution in [2.75, 3.05) is 5.73 Å². The molecule has 4 nitrogen and oxygen atoms in total. The van der Waals surface area contributed by atoms with Crippen molar-refractivity contribution >= 4 is 5.95 Å². The van der Waals surface area contributed by atoms with Crippen LogP contribution in [0, 0.1) is 0 Å². The van der Waals surface area contributed by atoms with E-state index in [-0.39, 0.29) is 0 Å². The van der Waals surface area contributed by atoms with Crippen molar-refractivity contribution in [3.8, 4) is 0 Å². The van der Waals surface area contributed by atoms with Gasteiger partial charge < -0.3 is 5.73 Å². The molecule has 1 rings (SSSR count). The number of aromatic nitrogens is 3. The van der Waals surface area contributed by atoms with Gasteiger partial charge in [0, 0.05) is 0 Å². The molecule has 2 N–H and O–H groups in total. The van der Waals surface area contributed by atoms with Gasteiger partial charge in [-0.1, -0.05) is 12.2 Å². The predicted molar refractivity (Wildman–Crippen MR) is 39.2 cm³/mol. The van der Waals surface area contributed by atoms with Gasteiger partial charge in [-0.15, -0.1) is 5.10 Å². The number of nitrogens with zero attached hydrogens (tertiary/aromatic N) is 3. The maximum absolute atomic E-state index is 5.28. The lowest BCUT2D eigenvalue weighted by atomic mass is 10.5. The van der Waals surface area contributed by atoms with Gasteiger partial charge in [-0.05, 0) is 6.92 Å². The van der Waals surface area contributed by atoms with Crippen molar-refractivity contribution in [2.24, 2.45) is 0 Å². The normalized spacial score (nSPS) is 10.9. The maximum Gasteiger partial charge on any atom is 0.239 e. The molecule has 0 aliphatic carbocycles. The van der Waals surface area contributed by atoms with E-state index in [0.717, 1.165) is 6.54 Å². The van der Waals surface area contributed by atoms with Crippen molar-refractivity contribution < 1.29 is 0 Å². The molecule has 0 spiro atoms. The van der Waals surface area contributed by atoms with E-state index in [4.69, 9.17) is 5.73 Å². The molecular weight excluding hydrogens is 128 g/mol. The molecule has 0 aliphatic rings. The van der Waals surface area contributed by atoms with E-state index in [1.807, 2.05) is 19.1 Å². The smallest absolute Gasteiger partial charge is 0.239 e. The van der Waals surface area contributed by atoms with Crippen LogP contribution >= 0.6 is 0 Å². The third-order valence-electron chi connectivity index (χ3n) is 1.08. The highest BCUT2D eigenvalue weighted by Gasteiger charge is 1.90. The van der Waals surface area contributed by atoms with Crippen LogP contribution in [0.25, 0.3) is 0 Å². The second-order valence-corrected chi connectivity index (χ2v) is 1.89. The van der Waals surface area contributed by atoms with Gasteiger partial charge in [-0.25, -0.2) is 9.67 Å². The number of nitrogens with two attached hydrogens (primary N) is 1. The second-order valence-electron chi connectivity index (χ2n) is 1.89. The SMILES string of the molecule is C/C=C/Cn1cnc(N)n1. The molecule has 0 unspecified atom stereocenters. The van der Waals surface area contributed by atoms with Crippen molar-refractivity contribution in [2.45, 2.75) is 13.5 Å². The van der Waals surface area contributed by atoms with Gasteiger partial charge in [0.2, 0.25) is 5.95 Å². The number of nitrogen functional groups attached to an aromatic ring is 1. The summed E-state index contributed by atoms with van der Waals surface area (Å²) in [7, 11) is 0. The Balaban J connectivity index is 2.58. The van der Waals surface area contributed by atoms with E-state index in [1.54, 1.807) is 11.0 Å². The van der Waals surface area contributed by atoms with Crippen LogP contribution in [-0.2, 0) is 6.54 Å². The highest BCUT2D eigenvalue weighted by Crippen LogP contribution is 1.88. The van der Waals surface area contributed by atoms with E-state index >= 15 is 0 Å². The first-order chi connectivity index (χ1) is 4.83. The summed E-state index contributed by atoms with van der Waals surface area (Å²) in [5, 5.41) is 3.88. The molecule has 0 radical (unpaired) electrons. The van der Waals surface area contributed by atoms with Crippen molar-refractivity contribution in [1.29, 1.82) is 0 Å². The Morgan fingerprint density at radius 2 is 2.60 bits per heavy atom. The molecule has 54 valence electrons. The van der Waals surface area contributed by atoms with Gasteiger partial charge in [-0.3, -0.25) is 0 Å². The van der Waals surface area contributed by atoms with Crippen molar-refractivity contribution in [1.82, 2.24) is 14.8 Å². The first-order valence-corrected chi connectivity index (χ1v) is 3.09. The number of hydrogen-bond acceptors (Lipinski definition) is 3. The zero-order chi connectivity index (χ0) is 7.40. The van der Waals surface area contributed by atoms with E-state index in [2.05, 4.69) is 10.1 Å². The molecule has 0 saturated carbocycles. The molecule has 0 saturated heterocycles. The van der Waals surface area contributed by atoms with Crippen LogP contribution in [0.4, 0.5) is 5.95 Å². The largest absolute Gasteiger partial charge is 0.367 e. The summed E-state index contributed by atoms with van der Waals surface area (Å²) >= 11 is 0. The molecule has 0 aliphatic heterocycles. The monoisotopic (exact) mass is 138 g/mol. The van der Waals surface area contributed by atoms with Gasteiger partial charge in [-0.2, -0.15) is 0 Å². The van der Waals surface area contributed by atoms with Crippen LogP contribution in [-0.4, -0.2) is 14.8 Å². The fourth-order valence-electron chi connectivity index (χ4n) is 0.610. The lowest BCUT2D eigenvalue weighted by Crippen LogP contribution is -1.96. The van der Waals surface area contributed by atoms with E-state index < -0.39 is 0 Å². The number of allylic oxidation sites excluding steroid dienone is 2. The zero-order valence-electron chi connectivity index (χ0n) is 5.86. The van der Waals surface area contributed by atoms with Crippen LogP contribution in [0.1, 0.15) is 6.92 Å². The molecule has 10 heavy (non-hydrogen) atoms. The van der Waals surface area contributed by atoms with E-state index in [0.29, 0.717) is 5.95 Å². The van der Waals surface area contributed by atoms with Gasteiger partial charge in [0.15, 0.2) is 0 Å². The van der Waals surface area contributed by atoms with Crippen LogP contribution in [0.3, 0.4) is 0 Å². The molecule has 1 aromatic heterocycles.